The van der Waals surface area contributed by atoms with Crippen molar-refractivity contribution in [2.75, 3.05) is 7.05 Å². The van der Waals surface area contributed by atoms with Crippen LogP contribution in [0.3, 0.4) is 0 Å². The predicted octanol–water partition coefficient (Wildman–Crippen LogP) is 7.07. The second kappa shape index (κ2) is 19.6. The van der Waals surface area contributed by atoms with Gasteiger partial charge in [0.2, 0.25) is 0 Å². The van der Waals surface area contributed by atoms with Crippen LogP contribution in [-0.2, 0) is 19.1 Å². The summed E-state index contributed by atoms with van der Waals surface area (Å²) in [5.74, 6) is 0.0692. The van der Waals surface area contributed by atoms with Gasteiger partial charge in [0, 0.05) is 24.1 Å². The molecule has 0 aromatic carbocycles. The van der Waals surface area contributed by atoms with Crippen LogP contribution in [0.2, 0.25) is 0 Å². The number of ether oxygens (including phenoxy) is 2. The summed E-state index contributed by atoms with van der Waals surface area (Å²) in [6, 6.07) is 0. The lowest BCUT2D eigenvalue weighted by molar-refractivity contribution is -0.416. The third kappa shape index (κ3) is 17.0. The normalized spacial score (nSPS) is 24.0. The Balaban J connectivity index is 2.63. The molecule has 0 saturated carbocycles. The van der Waals surface area contributed by atoms with Crippen LogP contribution in [0.15, 0.2) is 47.7 Å². The van der Waals surface area contributed by atoms with Gasteiger partial charge < -0.3 is 14.6 Å². The van der Waals surface area contributed by atoms with E-state index in [1.54, 1.807) is 6.08 Å². The molecule has 0 aromatic rings. The van der Waals surface area contributed by atoms with Crippen LogP contribution in [0, 0.1) is 11.8 Å². The number of cyclic esters (lactones) is 1. The Morgan fingerprint density at radius 2 is 1.79 bits per heavy atom. The maximum absolute atomic E-state index is 12.6. The monoisotopic (exact) mass is 544 g/mol. The quantitative estimate of drug-likeness (QED) is 0.0752. The Kier molecular flexibility index (Phi) is 17.3. The number of carbonyl (C=O) groups excluding carboxylic acids is 2. The van der Waals surface area contributed by atoms with E-state index < -0.39 is 0 Å². The molecule has 220 valence electrons. The minimum absolute atomic E-state index is 0.00665. The molecule has 4 atom stereocenters. The van der Waals surface area contributed by atoms with Crippen molar-refractivity contribution in [1.82, 2.24) is 0 Å². The molecule has 1 fully saturated rings. The van der Waals surface area contributed by atoms with Gasteiger partial charge in [-0.05, 0) is 90.0 Å². The number of hydrogen-bond acceptors (Lipinski definition) is 5. The number of aliphatic hydroxyl groups excluding tert-OH is 1. The maximum Gasteiger partial charge on any atom is 0.331 e. The fourth-order valence-corrected chi connectivity index (χ4v) is 4.60. The SMILES string of the molecule is CC(C=CC=[N+](C)C=C(C)C=CC(=O)OC1CCCC(=O)OC(C(C)C)CCCCC1C)=CCCCC(C)O. The molecule has 1 heterocycles. The van der Waals surface area contributed by atoms with Crippen molar-refractivity contribution in [3.63, 3.8) is 0 Å². The Labute approximate surface area is 237 Å². The maximum atomic E-state index is 12.6. The van der Waals surface area contributed by atoms with Gasteiger partial charge in [0.15, 0.2) is 12.4 Å². The number of unbranched alkanes of at least 4 members (excludes halogenated alkanes) is 1. The van der Waals surface area contributed by atoms with Crippen LogP contribution >= 0.6 is 0 Å². The van der Waals surface area contributed by atoms with E-state index in [0.717, 1.165) is 50.5 Å². The zero-order chi connectivity index (χ0) is 29.2. The van der Waals surface area contributed by atoms with Gasteiger partial charge in [-0.15, -0.1) is 0 Å². The Morgan fingerprint density at radius 1 is 1.08 bits per heavy atom. The molecular formula is C33H54NO5+. The lowest BCUT2D eigenvalue weighted by Gasteiger charge is -2.26. The number of aliphatic hydroxyl groups is 1. The van der Waals surface area contributed by atoms with Gasteiger partial charge in [-0.3, -0.25) is 4.79 Å². The van der Waals surface area contributed by atoms with Crippen LogP contribution in [0.25, 0.3) is 0 Å². The van der Waals surface area contributed by atoms with Gasteiger partial charge in [0.25, 0.3) is 0 Å². The fraction of sp³-hybridized carbons (Fsp3) is 0.667. The number of carbonyl (C=O) groups is 2. The molecule has 6 nitrogen and oxygen atoms in total. The number of nitrogens with zero attached hydrogens (tertiary/aromatic N) is 1. The largest absolute Gasteiger partial charge is 0.462 e. The van der Waals surface area contributed by atoms with E-state index >= 15 is 0 Å². The summed E-state index contributed by atoms with van der Waals surface area (Å²) in [7, 11) is 1.95. The first-order chi connectivity index (χ1) is 18.5. The number of rotatable bonds is 11. The molecule has 0 aromatic heterocycles. The fourth-order valence-electron chi connectivity index (χ4n) is 4.60. The molecular weight excluding hydrogens is 490 g/mol. The Hall–Kier alpha value is -2.47. The first kappa shape index (κ1) is 34.6. The van der Waals surface area contributed by atoms with E-state index in [1.807, 2.05) is 44.0 Å². The zero-order valence-corrected chi connectivity index (χ0v) is 25.5. The predicted molar refractivity (Wildman–Crippen MR) is 160 cm³/mol. The Morgan fingerprint density at radius 3 is 2.49 bits per heavy atom. The second-order valence-electron chi connectivity index (χ2n) is 11.5. The highest BCUT2D eigenvalue weighted by Crippen LogP contribution is 2.24. The third-order valence-corrected chi connectivity index (χ3v) is 7.06. The van der Waals surface area contributed by atoms with E-state index in [4.69, 9.17) is 9.47 Å². The molecule has 1 saturated heterocycles. The minimum atomic E-state index is -0.350. The van der Waals surface area contributed by atoms with E-state index in [0.29, 0.717) is 25.2 Å². The van der Waals surface area contributed by atoms with E-state index in [2.05, 4.69) is 39.8 Å². The average Bonchev–Trinajstić information content (AvgIpc) is 2.85. The average molecular weight is 545 g/mol. The van der Waals surface area contributed by atoms with Crippen molar-refractivity contribution in [2.24, 2.45) is 11.8 Å². The molecule has 0 aliphatic carbocycles. The molecule has 1 aliphatic heterocycles. The highest BCUT2D eigenvalue weighted by molar-refractivity contribution is 5.82. The smallest absolute Gasteiger partial charge is 0.331 e. The number of esters is 2. The van der Waals surface area contributed by atoms with Crippen LogP contribution in [-0.4, -0.2) is 53.2 Å². The van der Waals surface area contributed by atoms with Crippen LogP contribution in [0.5, 0.6) is 0 Å². The summed E-state index contributed by atoms with van der Waals surface area (Å²) in [6.07, 6.45) is 21.3. The first-order valence-electron chi connectivity index (χ1n) is 14.8. The van der Waals surface area contributed by atoms with Crippen molar-refractivity contribution in [1.29, 1.82) is 0 Å². The van der Waals surface area contributed by atoms with E-state index in [-0.39, 0.29) is 36.2 Å². The van der Waals surface area contributed by atoms with Crippen molar-refractivity contribution in [3.05, 3.63) is 47.7 Å². The molecule has 0 radical (unpaired) electrons. The first-order valence-corrected chi connectivity index (χ1v) is 14.8. The lowest BCUT2D eigenvalue weighted by Crippen LogP contribution is -2.27. The number of hydrogen-bond donors (Lipinski definition) is 1. The molecule has 39 heavy (non-hydrogen) atoms. The van der Waals surface area contributed by atoms with Crippen LogP contribution in [0.1, 0.15) is 106 Å². The zero-order valence-electron chi connectivity index (χ0n) is 25.5. The third-order valence-electron chi connectivity index (χ3n) is 7.06. The van der Waals surface area contributed by atoms with Gasteiger partial charge in [0.05, 0.1) is 6.10 Å². The van der Waals surface area contributed by atoms with Gasteiger partial charge >= 0.3 is 11.9 Å². The van der Waals surface area contributed by atoms with Crippen LogP contribution < -0.4 is 0 Å². The summed E-state index contributed by atoms with van der Waals surface area (Å²) in [6.45, 7) is 12.2. The molecule has 0 bridgehead atoms. The second-order valence-corrected chi connectivity index (χ2v) is 11.5. The van der Waals surface area contributed by atoms with Gasteiger partial charge in [-0.2, -0.15) is 0 Å². The summed E-state index contributed by atoms with van der Waals surface area (Å²) >= 11 is 0. The van der Waals surface area contributed by atoms with E-state index in [1.165, 1.54) is 11.6 Å². The van der Waals surface area contributed by atoms with Crippen molar-refractivity contribution >= 4 is 18.2 Å². The Bertz CT molecular complexity index is 894. The molecule has 1 rings (SSSR count). The van der Waals surface area contributed by atoms with Crippen molar-refractivity contribution in [2.45, 2.75) is 124 Å². The van der Waals surface area contributed by atoms with Gasteiger partial charge in [-0.25, -0.2) is 9.37 Å². The standard InChI is InChI=1S/C33H54NO5/c1-25(2)30-18-11-9-16-28(5)31(19-12-20-32(36)38-30)39-33(37)22-21-27(4)24-34(7)23-13-15-26(3)14-8-10-17-29(6)35/h13-15,21-25,28-31,35H,8-12,16-20H2,1-7H3/q+1. The lowest BCUT2D eigenvalue weighted by atomic mass is 9.92. The molecule has 4 unspecified atom stereocenters. The summed E-state index contributed by atoms with van der Waals surface area (Å²) in [4.78, 5) is 24.9. The topological polar surface area (TPSA) is 75.8 Å². The molecule has 1 N–H and O–H groups in total. The summed E-state index contributed by atoms with van der Waals surface area (Å²) in [5.41, 5.74) is 2.12. The summed E-state index contributed by atoms with van der Waals surface area (Å²) < 4.78 is 13.5. The van der Waals surface area contributed by atoms with E-state index in [9.17, 15) is 14.7 Å². The van der Waals surface area contributed by atoms with Crippen LogP contribution in [0.4, 0.5) is 0 Å². The van der Waals surface area contributed by atoms with Crippen molar-refractivity contribution < 1.29 is 28.7 Å². The molecule has 0 amide bonds. The van der Waals surface area contributed by atoms with Crippen molar-refractivity contribution in [3.8, 4) is 0 Å². The minimum Gasteiger partial charge on any atom is -0.462 e. The molecule has 6 heteroatoms. The summed E-state index contributed by atoms with van der Waals surface area (Å²) in [5, 5.41) is 9.33. The molecule has 0 spiro atoms. The molecule has 1 aliphatic rings. The van der Waals surface area contributed by atoms with Gasteiger partial charge in [0.1, 0.15) is 19.3 Å². The number of allylic oxidation sites excluding steroid dienone is 6. The van der Waals surface area contributed by atoms with Gasteiger partial charge in [-0.1, -0.05) is 44.9 Å². The highest BCUT2D eigenvalue weighted by atomic mass is 16.5. The highest BCUT2D eigenvalue weighted by Gasteiger charge is 2.24.